The number of thiophene rings is 1. The van der Waals surface area contributed by atoms with Crippen LogP contribution in [-0.2, 0) is 19.1 Å². The zero-order valence-electron chi connectivity index (χ0n) is 17.6. The normalized spacial score (nSPS) is 12.6. The number of hydrogen-bond acceptors (Lipinski definition) is 6. The summed E-state index contributed by atoms with van der Waals surface area (Å²) in [4.78, 5) is 48.5. The fraction of sp³-hybridized carbons (Fsp3) is 0.364. The number of hydrogen-bond donors (Lipinski definition) is 3. The number of anilines is 1. The molecule has 2 aromatic rings. The molecular weight excluding hydrogens is 420 g/mol. The van der Waals surface area contributed by atoms with E-state index in [-0.39, 0.29) is 12.3 Å². The molecule has 2 amide bonds. The highest BCUT2D eigenvalue weighted by molar-refractivity contribution is 7.08. The maximum absolute atomic E-state index is 12.9. The molecule has 0 aliphatic carbocycles. The first-order valence-corrected chi connectivity index (χ1v) is 10.7. The lowest BCUT2D eigenvalue weighted by atomic mass is 9.96. The van der Waals surface area contributed by atoms with Crippen molar-refractivity contribution in [2.75, 3.05) is 12.4 Å². The lowest BCUT2D eigenvalue weighted by Gasteiger charge is -2.23. The van der Waals surface area contributed by atoms with Crippen LogP contribution >= 0.6 is 11.3 Å². The van der Waals surface area contributed by atoms with Gasteiger partial charge in [0.25, 0.3) is 0 Å². The predicted molar refractivity (Wildman–Crippen MR) is 117 cm³/mol. The van der Waals surface area contributed by atoms with Gasteiger partial charge in [-0.25, -0.2) is 4.79 Å². The maximum Gasteiger partial charge on any atom is 0.337 e. The molecule has 0 aliphatic rings. The molecule has 2 rings (SSSR count). The van der Waals surface area contributed by atoms with Gasteiger partial charge in [-0.2, -0.15) is 11.3 Å². The Morgan fingerprint density at radius 2 is 1.74 bits per heavy atom. The standard InChI is InChI=1S/C22H26N2O6S/c1-13(2)10-18(21(28)23-16-6-4-14(5-7-16)22(29)30-3)24-20(27)17(11-19(25)26)15-8-9-31-12-15/h4-9,12-13,17-18H,10-11H2,1-3H3,(H,23,28)(H,24,27)(H,25,26)/t17-,18+/m1/s1. The number of carbonyl (C=O) groups is 4. The highest BCUT2D eigenvalue weighted by atomic mass is 32.1. The molecule has 31 heavy (non-hydrogen) atoms. The number of nitrogens with one attached hydrogen (secondary N) is 2. The lowest BCUT2D eigenvalue weighted by Crippen LogP contribution is -2.46. The van der Waals surface area contributed by atoms with Crippen LogP contribution in [0.4, 0.5) is 5.69 Å². The van der Waals surface area contributed by atoms with Gasteiger partial charge in [-0.1, -0.05) is 13.8 Å². The van der Waals surface area contributed by atoms with Crippen LogP contribution in [0.15, 0.2) is 41.1 Å². The molecule has 2 atom stereocenters. The zero-order chi connectivity index (χ0) is 23.0. The first-order chi connectivity index (χ1) is 14.7. The second-order valence-electron chi connectivity index (χ2n) is 7.46. The van der Waals surface area contributed by atoms with E-state index in [1.165, 1.54) is 30.6 Å². The average molecular weight is 447 g/mol. The van der Waals surface area contributed by atoms with Gasteiger partial charge in [-0.3, -0.25) is 14.4 Å². The Kier molecular flexibility index (Phi) is 8.75. The summed E-state index contributed by atoms with van der Waals surface area (Å²) in [5.74, 6) is -3.29. The maximum atomic E-state index is 12.9. The third-order valence-electron chi connectivity index (χ3n) is 4.55. The van der Waals surface area contributed by atoms with E-state index in [1.807, 2.05) is 13.8 Å². The van der Waals surface area contributed by atoms with Crippen LogP contribution in [0, 0.1) is 5.92 Å². The Morgan fingerprint density at radius 3 is 2.26 bits per heavy atom. The van der Waals surface area contributed by atoms with E-state index in [1.54, 1.807) is 29.0 Å². The Labute approximate surface area is 184 Å². The van der Waals surface area contributed by atoms with E-state index in [0.717, 1.165) is 0 Å². The summed E-state index contributed by atoms with van der Waals surface area (Å²) in [6, 6.07) is 7.04. The van der Waals surface area contributed by atoms with Crippen LogP contribution in [0.25, 0.3) is 0 Å². The second kappa shape index (κ2) is 11.3. The molecule has 0 unspecified atom stereocenters. The summed E-state index contributed by atoms with van der Waals surface area (Å²) in [5.41, 5.74) is 1.41. The fourth-order valence-corrected chi connectivity index (χ4v) is 3.74. The van der Waals surface area contributed by atoms with Gasteiger partial charge in [0.1, 0.15) is 6.04 Å². The van der Waals surface area contributed by atoms with Gasteiger partial charge >= 0.3 is 11.9 Å². The smallest absolute Gasteiger partial charge is 0.337 e. The summed E-state index contributed by atoms with van der Waals surface area (Å²) in [5, 5.41) is 18.2. The molecule has 8 nitrogen and oxygen atoms in total. The van der Waals surface area contributed by atoms with Crippen molar-refractivity contribution in [1.29, 1.82) is 0 Å². The van der Waals surface area contributed by atoms with Crippen molar-refractivity contribution < 1.29 is 29.0 Å². The van der Waals surface area contributed by atoms with Crippen LogP contribution in [-0.4, -0.2) is 42.0 Å². The number of carboxylic acid groups (broad SMARTS) is 1. The van der Waals surface area contributed by atoms with Crippen molar-refractivity contribution >= 4 is 40.8 Å². The Bertz CT molecular complexity index is 909. The zero-order valence-corrected chi connectivity index (χ0v) is 18.4. The summed E-state index contributed by atoms with van der Waals surface area (Å²) >= 11 is 1.37. The minimum atomic E-state index is -1.10. The number of carboxylic acids is 1. The lowest BCUT2D eigenvalue weighted by molar-refractivity contribution is -0.139. The van der Waals surface area contributed by atoms with Crippen LogP contribution in [0.3, 0.4) is 0 Å². The van der Waals surface area contributed by atoms with E-state index in [4.69, 9.17) is 0 Å². The fourth-order valence-electron chi connectivity index (χ4n) is 3.02. The van der Waals surface area contributed by atoms with Gasteiger partial charge in [0.15, 0.2) is 0 Å². The Hall–Kier alpha value is -3.20. The molecule has 1 aromatic heterocycles. The number of esters is 1. The van der Waals surface area contributed by atoms with Crippen molar-refractivity contribution in [3.05, 3.63) is 52.2 Å². The van der Waals surface area contributed by atoms with Crippen LogP contribution < -0.4 is 10.6 Å². The van der Waals surface area contributed by atoms with Gasteiger partial charge in [0.05, 0.1) is 25.0 Å². The van der Waals surface area contributed by atoms with E-state index < -0.39 is 35.7 Å². The van der Waals surface area contributed by atoms with Gasteiger partial charge < -0.3 is 20.5 Å². The molecule has 0 fully saturated rings. The predicted octanol–water partition coefficient (Wildman–Crippen LogP) is 3.26. The molecule has 3 N–H and O–H groups in total. The molecule has 0 saturated heterocycles. The van der Waals surface area contributed by atoms with Gasteiger partial charge in [-0.05, 0) is 59.0 Å². The quantitative estimate of drug-likeness (QED) is 0.482. The molecule has 0 radical (unpaired) electrons. The number of rotatable bonds is 10. The van der Waals surface area contributed by atoms with E-state index in [0.29, 0.717) is 23.2 Å². The second-order valence-corrected chi connectivity index (χ2v) is 8.24. The first-order valence-electron chi connectivity index (χ1n) is 9.74. The number of carbonyl (C=O) groups excluding carboxylic acids is 3. The van der Waals surface area contributed by atoms with Gasteiger partial charge in [0, 0.05) is 5.69 Å². The van der Waals surface area contributed by atoms with Crippen molar-refractivity contribution in [3.63, 3.8) is 0 Å². The van der Waals surface area contributed by atoms with Crippen LogP contribution in [0.2, 0.25) is 0 Å². The number of amides is 2. The summed E-state index contributed by atoms with van der Waals surface area (Å²) in [7, 11) is 1.28. The summed E-state index contributed by atoms with van der Waals surface area (Å²) in [6.07, 6.45) is 0.00875. The Morgan fingerprint density at radius 1 is 1.06 bits per heavy atom. The third-order valence-corrected chi connectivity index (χ3v) is 5.26. The van der Waals surface area contributed by atoms with Crippen molar-refractivity contribution in [1.82, 2.24) is 5.32 Å². The monoisotopic (exact) mass is 446 g/mol. The minimum absolute atomic E-state index is 0.108. The number of methoxy groups -OCH3 is 1. The number of benzene rings is 1. The number of ether oxygens (including phenoxy) is 1. The largest absolute Gasteiger partial charge is 0.481 e. The molecule has 0 spiro atoms. The van der Waals surface area contributed by atoms with Crippen molar-refractivity contribution in [2.24, 2.45) is 5.92 Å². The van der Waals surface area contributed by atoms with Crippen LogP contribution in [0.1, 0.15) is 48.5 Å². The molecule has 166 valence electrons. The summed E-state index contributed by atoms with van der Waals surface area (Å²) < 4.78 is 4.65. The third kappa shape index (κ3) is 7.21. The number of aliphatic carboxylic acids is 1. The van der Waals surface area contributed by atoms with Crippen molar-refractivity contribution in [2.45, 2.75) is 38.6 Å². The molecule has 0 aliphatic heterocycles. The molecule has 0 saturated carbocycles. The molecule has 0 bridgehead atoms. The van der Waals surface area contributed by atoms with Gasteiger partial charge in [-0.15, -0.1) is 0 Å². The molecule has 9 heteroatoms. The van der Waals surface area contributed by atoms with Crippen LogP contribution in [0.5, 0.6) is 0 Å². The molecule has 1 aromatic carbocycles. The Balaban J connectivity index is 2.14. The van der Waals surface area contributed by atoms with Crippen molar-refractivity contribution in [3.8, 4) is 0 Å². The topological polar surface area (TPSA) is 122 Å². The van der Waals surface area contributed by atoms with E-state index in [2.05, 4.69) is 15.4 Å². The highest BCUT2D eigenvalue weighted by Gasteiger charge is 2.29. The summed E-state index contributed by atoms with van der Waals surface area (Å²) in [6.45, 7) is 3.84. The van der Waals surface area contributed by atoms with E-state index in [9.17, 15) is 24.3 Å². The molecular formula is C22H26N2O6S. The SMILES string of the molecule is COC(=O)c1ccc(NC(=O)[C@H](CC(C)C)NC(=O)[C@H](CC(=O)O)c2ccsc2)cc1. The average Bonchev–Trinajstić information content (AvgIpc) is 3.25. The first kappa shape index (κ1) is 24.1. The van der Waals surface area contributed by atoms with E-state index >= 15 is 0 Å². The van der Waals surface area contributed by atoms with Gasteiger partial charge in [0.2, 0.25) is 11.8 Å². The molecule has 1 heterocycles. The highest BCUT2D eigenvalue weighted by Crippen LogP contribution is 2.23. The minimum Gasteiger partial charge on any atom is -0.481 e.